The summed E-state index contributed by atoms with van der Waals surface area (Å²) >= 11 is 1.47. The minimum atomic E-state index is -0.523. The summed E-state index contributed by atoms with van der Waals surface area (Å²) in [6.07, 6.45) is 0.0362. The van der Waals surface area contributed by atoms with Gasteiger partial charge in [0.1, 0.15) is 11.6 Å². The maximum Gasteiger partial charge on any atom is 0.309 e. The van der Waals surface area contributed by atoms with Crippen LogP contribution in [-0.4, -0.2) is 25.1 Å². The van der Waals surface area contributed by atoms with Crippen LogP contribution in [-0.2, 0) is 14.3 Å². The highest BCUT2D eigenvalue weighted by atomic mass is 32.1. The van der Waals surface area contributed by atoms with Crippen molar-refractivity contribution in [1.82, 2.24) is 5.32 Å². The summed E-state index contributed by atoms with van der Waals surface area (Å²) in [6, 6.07) is 18.4. The van der Waals surface area contributed by atoms with E-state index < -0.39 is 24.5 Å². The molecule has 0 radical (unpaired) electrons. The summed E-state index contributed by atoms with van der Waals surface area (Å²) in [5.74, 6) is -0.650. The van der Waals surface area contributed by atoms with Crippen LogP contribution in [0.4, 0.5) is 4.39 Å². The second-order valence-corrected chi connectivity index (χ2v) is 7.12. The van der Waals surface area contributed by atoms with E-state index in [2.05, 4.69) is 5.32 Å². The number of carbonyl (C=O) groups is 2. The quantitative estimate of drug-likeness (QED) is 0.537. The predicted octanol–water partition coefficient (Wildman–Crippen LogP) is 4.11. The summed E-state index contributed by atoms with van der Waals surface area (Å²) in [5.41, 5.74) is 0.741. The first-order chi connectivity index (χ1) is 14.1. The van der Waals surface area contributed by atoms with Crippen molar-refractivity contribution in [1.29, 1.82) is 0 Å². The summed E-state index contributed by atoms with van der Waals surface area (Å²) in [5, 5.41) is 4.73. The Balaban J connectivity index is 1.48. The van der Waals surface area contributed by atoms with Gasteiger partial charge in [-0.05, 0) is 41.3 Å². The third-order valence-corrected chi connectivity index (χ3v) is 4.96. The zero-order valence-corrected chi connectivity index (χ0v) is 16.4. The first kappa shape index (κ1) is 20.5. The van der Waals surface area contributed by atoms with Crippen LogP contribution >= 0.6 is 11.3 Å². The van der Waals surface area contributed by atoms with Gasteiger partial charge >= 0.3 is 5.97 Å². The lowest BCUT2D eigenvalue weighted by atomic mass is 10.1. The molecule has 5 nitrogen and oxygen atoms in total. The average Bonchev–Trinajstić information content (AvgIpc) is 3.27. The molecule has 150 valence electrons. The van der Waals surface area contributed by atoms with Crippen molar-refractivity contribution in [3.8, 4) is 5.75 Å². The van der Waals surface area contributed by atoms with Crippen LogP contribution in [0.25, 0.3) is 0 Å². The Bertz CT molecular complexity index is 914. The van der Waals surface area contributed by atoms with E-state index in [9.17, 15) is 14.0 Å². The molecule has 3 rings (SSSR count). The lowest BCUT2D eigenvalue weighted by Crippen LogP contribution is -2.32. The van der Waals surface area contributed by atoms with Crippen LogP contribution in [0.3, 0.4) is 0 Å². The second kappa shape index (κ2) is 10.4. The minimum absolute atomic E-state index is 0.0362. The van der Waals surface area contributed by atoms with Crippen LogP contribution in [0.2, 0.25) is 0 Å². The van der Waals surface area contributed by atoms with E-state index in [4.69, 9.17) is 9.47 Å². The third kappa shape index (κ3) is 6.43. The van der Waals surface area contributed by atoms with E-state index in [0.717, 1.165) is 10.4 Å². The summed E-state index contributed by atoms with van der Waals surface area (Å²) < 4.78 is 23.7. The van der Waals surface area contributed by atoms with E-state index in [1.54, 1.807) is 24.3 Å². The Morgan fingerprint density at radius 2 is 1.76 bits per heavy atom. The third-order valence-electron chi connectivity index (χ3n) is 4.02. The zero-order valence-electron chi connectivity index (χ0n) is 15.5. The van der Waals surface area contributed by atoms with Crippen molar-refractivity contribution >= 4 is 23.2 Å². The van der Waals surface area contributed by atoms with Crippen LogP contribution in [0, 0.1) is 5.82 Å². The standard InChI is InChI=1S/C22H20FNO4S/c23-17-10-8-16(9-11-17)22(19-7-4-14-29-19)24-20(25)15-28-21(26)12-13-27-18-5-2-1-3-6-18/h1-11,14,22H,12-13,15H2,(H,24,25)/t22-/m0/s1. The van der Waals surface area contributed by atoms with Crippen molar-refractivity contribution < 1.29 is 23.5 Å². The van der Waals surface area contributed by atoms with Crippen molar-refractivity contribution in [2.24, 2.45) is 0 Å². The molecular weight excluding hydrogens is 393 g/mol. The van der Waals surface area contributed by atoms with E-state index in [-0.39, 0.29) is 18.8 Å². The molecule has 0 aliphatic rings. The van der Waals surface area contributed by atoms with Crippen LogP contribution < -0.4 is 10.1 Å². The topological polar surface area (TPSA) is 64.6 Å². The molecule has 0 spiro atoms. The number of carbonyl (C=O) groups excluding carboxylic acids is 2. The molecule has 0 fully saturated rings. The second-order valence-electron chi connectivity index (χ2n) is 6.14. The maximum atomic E-state index is 13.2. The Hall–Kier alpha value is -3.19. The number of halogens is 1. The fourth-order valence-electron chi connectivity index (χ4n) is 2.62. The van der Waals surface area contributed by atoms with Gasteiger partial charge in [0.25, 0.3) is 5.91 Å². The van der Waals surface area contributed by atoms with Gasteiger partial charge in [-0.2, -0.15) is 0 Å². The normalized spacial score (nSPS) is 11.5. The molecule has 1 aromatic heterocycles. The molecule has 0 bridgehead atoms. The predicted molar refractivity (Wildman–Crippen MR) is 108 cm³/mol. The van der Waals surface area contributed by atoms with Crippen LogP contribution in [0.15, 0.2) is 72.1 Å². The Kier molecular flexibility index (Phi) is 7.35. The van der Waals surface area contributed by atoms with Crippen LogP contribution in [0.5, 0.6) is 5.75 Å². The highest BCUT2D eigenvalue weighted by Crippen LogP contribution is 2.26. The van der Waals surface area contributed by atoms with Gasteiger partial charge in [0.15, 0.2) is 6.61 Å². The molecule has 0 saturated heterocycles. The van der Waals surface area contributed by atoms with E-state index in [1.807, 2.05) is 35.7 Å². The molecule has 7 heteroatoms. The molecule has 1 amide bonds. The highest BCUT2D eigenvalue weighted by Gasteiger charge is 2.19. The number of thiophene rings is 1. The summed E-state index contributed by atoms with van der Waals surface area (Å²) in [6.45, 7) is -0.231. The number of amides is 1. The molecule has 3 aromatic rings. The first-order valence-corrected chi connectivity index (χ1v) is 9.91. The maximum absolute atomic E-state index is 13.2. The highest BCUT2D eigenvalue weighted by molar-refractivity contribution is 7.10. The largest absolute Gasteiger partial charge is 0.493 e. The van der Waals surface area contributed by atoms with Crippen molar-refractivity contribution in [3.05, 3.63) is 88.4 Å². The average molecular weight is 413 g/mol. The van der Waals surface area contributed by atoms with Crippen LogP contribution in [0.1, 0.15) is 22.9 Å². The van der Waals surface area contributed by atoms with Gasteiger partial charge in [0.05, 0.1) is 19.1 Å². The lowest BCUT2D eigenvalue weighted by Gasteiger charge is -2.18. The van der Waals surface area contributed by atoms with Gasteiger partial charge in [-0.3, -0.25) is 9.59 Å². The smallest absolute Gasteiger partial charge is 0.309 e. The molecular formula is C22H20FNO4S. The number of hydrogen-bond donors (Lipinski definition) is 1. The Labute approximate surface area is 172 Å². The van der Waals surface area contributed by atoms with Gasteiger partial charge in [-0.1, -0.05) is 36.4 Å². The van der Waals surface area contributed by atoms with E-state index >= 15 is 0 Å². The SMILES string of the molecule is O=C(COC(=O)CCOc1ccccc1)N[C@@H](c1ccc(F)cc1)c1cccs1. The van der Waals surface area contributed by atoms with Crippen molar-refractivity contribution in [2.75, 3.05) is 13.2 Å². The fraction of sp³-hybridized carbons (Fsp3) is 0.182. The zero-order chi connectivity index (χ0) is 20.5. The number of esters is 1. The number of rotatable bonds is 9. The minimum Gasteiger partial charge on any atom is -0.493 e. The summed E-state index contributed by atoms with van der Waals surface area (Å²) in [7, 11) is 0. The van der Waals surface area contributed by atoms with Gasteiger partial charge in [0, 0.05) is 4.88 Å². The molecule has 0 aliphatic carbocycles. The number of para-hydroxylation sites is 1. The Morgan fingerprint density at radius 3 is 2.45 bits per heavy atom. The van der Waals surface area contributed by atoms with Crippen molar-refractivity contribution in [3.63, 3.8) is 0 Å². The molecule has 0 aliphatic heterocycles. The van der Waals surface area contributed by atoms with Crippen molar-refractivity contribution in [2.45, 2.75) is 12.5 Å². The van der Waals surface area contributed by atoms with E-state index in [0.29, 0.717) is 5.75 Å². The summed E-state index contributed by atoms with van der Waals surface area (Å²) in [4.78, 5) is 25.0. The number of ether oxygens (including phenoxy) is 2. The molecule has 2 aromatic carbocycles. The molecule has 1 atom stereocenters. The number of nitrogens with one attached hydrogen (secondary N) is 1. The molecule has 1 heterocycles. The fourth-order valence-corrected chi connectivity index (χ4v) is 3.42. The van der Waals surface area contributed by atoms with Gasteiger partial charge in [-0.15, -0.1) is 11.3 Å². The number of hydrogen-bond acceptors (Lipinski definition) is 5. The Morgan fingerprint density at radius 1 is 1.00 bits per heavy atom. The van der Waals surface area contributed by atoms with Gasteiger partial charge < -0.3 is 14.8 Å². The van der Waals surface area contributed by atoms with Gasteiger partial charge in [0.2, 0.25) is 0 Å². The molecule has 29 heavy (non-hydrogen) atoms. The molecule has 0 unspecified atom stereocenters. The van der Waals surface area contributed by atoms with Gasteiger partial charge in [-0.25, -0.2) is 4.39 Å². The molecule has 0 saturated carbocycles. The molecule has 1 N–H and O–H groups in total. The van der Waals surface area contributed by atoms with E-state index in [1.165, 1.54) is 23.5 Å². The first-order valence-electron chi connectivity index (χ1n) is 9.03. The monoisotopic (exact) mass is 413 g/mol. The number of benzene rings is 2. The lowest BCUT2D eigenvalue weighted by molar-refractivity contribution is -0.149.